The van der Waals surface area contributed by atoms with E-state index in [9.17, 15) is 18.0 Å². The van der Waals surface area contributed by atoms with Gasteiger partial charge in [-0.15, -0.1) is 0 Å². The Hall–Kier alpha value is -3.95. The van der Waals surface area contributed by atoms with E-state index in [1.807, 2.05) is 87.5 Å². The number of hydrogen-bond donors (Lipinski definition) is 1. The number of benzene rings is 4. The van der Waals surface area contributed by atoms with Gasteiger partial charge >= 0.3 is 0 Å². The van der Waals surface area contributed by atoms with Crippen molar-refractivity contribution in [1.29, 1.82) is 0 Å². The average molecular weight is 663 g/mol. The minimum atomic E-state index is -4.14. The number of hydrogen-bond acceptors (Lipinski definition) is 4. The van der Waals surface area contributed by atoms with E-state index >= 15 is 0 Å². The van der Waals surface area contributed by atoms with Crippen molar-refractivity contribution in [3.63, 3.8) is 0 Å². The molecule has 4 aromatic carbocycles. The predicted molar refractivity (Wildman–Crippen MR) is 174 cm³/mol. The van der Waals surface area contributed by atoms with Crippen LogP contribution in [0.3, 0.4) is 0 Å². The van der Waals surface area contributed by atoms with Crippen LogP contribution in [0.2, 0.25) is 0 Å². The highest BCUT2D eigenvalue weighted by Crippen LogP contribution is 2.29. The summed E-state index contributed by atoms with van der Waals surface area (Å²) >= 11 is 3.50. The Bertz CT molecular complexity index is 1660. The molecule has 7 nitrogen and oxygen atoms in total. The van der Waals surface area contributed by atoms with Crippen molar-refractivity contribution < 1.29 is 18.0 Å². The van der Waals surface area contributed by atoms with Crippen LogP contribution in [-0.4, -0.2) is 44.3 Å². The third-order valence-electron chi connectivity index (χ3n) is 7.11. The van der Waals surface area contributed by atoms with E-state index in [2.05, 4.69) is 21.2 Å². The summed E-state index contributed by atoms with van der Waals surface area (Å²) in [6.07, 6.45) is 0.265. The van der Waals surface area contributed by atoms with Gasteiger partial charge in [0.25, 0.3) is 10.0 Å². The van der Waals surface area contributed by atoms with Crippen LogP contribution in [0.25, 0.3) is 0 Å². The fourth-order valence-corrected chi connectivity index (χ4v) is 6.84. The standard InChI is InChI=1S/C34H36BrN3O4S/c1-4-36-34(40)32(22-27-12-7-5-8-13-27)37(23-28-14-11-15-29(35)21-28)33(39)24-38(31-20-25(2)18-19-26(31)3)43(41,42)30-16-9-6-10-17-30/h5-21,32H,4,22-24H2,1-3H3,(H,36,40)/t32-/m1/s1. The van der Waals surface area contributed by atoms with Crippen LogP contribution in [0.15, 0.2) is 112 Å². The second-order valence-corrected chi connectivity index (χ2v) is 13.1. The lowest BCUT2D eigenvalue weighted by Gasteiger charge is -2.34. The predicted octanol–water partition coefficient (Wildman–Crippen LogP) is 6.04. The monoisotopic (exact) mass is 661 g/mol. The number of rotatable bonds is 12. The van der Waals surface area contributed by atoms with E-state index in [0.29, 0.717) is 17.8 Å². The van der Waals surface area contributed by atoms with Gasteiger partial charge in [0.1, 0.15) is 12.6 Å². The second kappa shape index (κ2) is 14.5. The molecule has 0 bridgehead atoms. The van der Waals surface area contributed by atoms with Gasteiger partial charge in [-0.25, -0.2) is 8.42 Å². The Morgan fingerprint density at radius 1 is 0.837 bits per heavy atom. The highest BCUT2D eigenvalue weighted by molar-refractivity contribution is 9.10. The van der Waals surface area contributed by atoms with Crippen LogP contribution in [0.5, 0.6) is 0 Å². The topological polar surface area (TPSA) is 86.8 Å². The van der Waals surface area contributed by atoms with E-state index in [0.717, 1.165) is 25.5 Å². The molecule has 0 saturated heterocycles. The Morgan fingerprint density at radius 3 is 2.14 bits per heavy atom. The van der Waals surface area contributed by atoms with Gasteiger partial charge in [0, 0.05) is 24.0 Å². The van der Waals surface area contributed by atoms with Gasteiger partial charge in [-0.05, 0) is 73.4 Å². The van der Waals surface area contributed by atoms with E-state index in [-0.39, 0.29) is 23.8 Å². The van der Waals surface area contributed by atoms with E-state index in [4.69, 9.17) is 0 Å². The molecule has 0 aromatic heterocycles. The summed E-state index contributed by atoms with van der Waals surface area (Å²) in [7, 11) is -4.14. The number of likely N-dealkylation sites (N-methyl/N-ethyl adjacent to an activating group) is 1. The first-order valence-electron chi connectivity index (χ1n) is 14.1. The molecule has 9 heteroatoms. The fourth-order valence-electron chi connectivity index (χ4n) is 4.90. The molecule has 224 valence electrons. The van der Waals surface area contributed by atoms with Crippen LogP contribution >= 0.6 is 15.9 Å². The fraction of sp³-hybridized carbons (Fsp3) is 0.235. The van der Waals surface area contributed by atoms with Crippen molar-refractivity contribution in [2.45, 2.75) is 44.7 Å². The molecule has 0 fully saturated rings. The maximum atomic E-state index is 14.5. The average Bonchev–Trinajstić information content (AvgIpc) is 3.00. The third-order valence-corrected chi connectivity index (χ3v) is 9.37. The summed E-state index contributed by atoms with van der Waals surface area (Å²) in [5.74, 6) is -0.800. The molecule has 0 aliphatic rings. The number of nitrogens with one attached hydrogen (secondary N) is 1. The van der Waals surface area contributed by atoms with E-state index in [1.165, 1.54) is 17.0 Å². The van der Waals surface area contributed by atoms with Crippen molar-refractivity contribution >= 4 is 43.5 Å². The molecule has 0 spiro atoms. The molecule has 0 aliphatic carbocycles. The summed E-state index contributed by atoms with van der Waals surface area (Å²) in [6, 6.07) is 29.7. The molecule has 0 saturated carbocycles. The van der Waals surface area contributed by atoms with Crippen molar-refractivity contribution in [2.24, 2.45) is 0 Å². The number of sulfonamides is 1. The molecule has 43 heavy (non-hydrogen) atoms. The molecular weight excluding hydrogens is 626 g/mol. The number of anilines is 1. The van der Waals surface area contributed by atoms with E-state index in [1.54, 1.807) is 24.3 Å². The zero-order chi connectivity index (χ0) is 31.0. The first-order valence-corrected chi connectivity index (χ1v) is 16.3. The van der Waals surface area contributed by atoms with Crippen LogP contribution < -0.4 is 9.62 Å². The third kappa shape index (κ3) is 8.12. The zero-order valence-corrected chi connectivity index (χ0v) is 26.9. The maximum absolute atomic E-state index is 14.5. The maximum Gasteiger partial charge on any atom is 0.264 e. The van der Waals surface area contributed by atoms with Gasteiger partial charge in [0.2, 0.25) is 11.8 Å². The molecular formula is C34H36BrN3O4S. The van der Waals surface area contributed by atoms with E-state index < -0.39 is 28.5 Å². The number of aryl methyl sites for hydroxylation is 2. The lowest BCUT2D eigenvalue weighted by molar-refractivity contribution is -0.140. The van der Waals surface area contributed by atoms with Crippen molar-refractivity contribution in [1.82, 2.24) is 10.2 Å². The van der Waals surface area contributed by atoms with Crippen molar-refractivity contribution in [3.8, 4) is 0 Å². The van der Waals surface area contributed by atoms with Gasteiger partial charge in [0.05, 0.1) is 10.6 Å². The van der Waals surface area contributed by atoms with Gasteiger partial charge in [-0.3, -0.25) is 13.9 Å². The second-order valence-electron chi connectivity index (χ2n) is 10.4. The normalized spacial score (nSPS) is 11.9. The minimum Gasteiger partial charge on any atom is -0.355 e. The first kappa shape index (κ1) is 32.0. The molecule has 2 amide bonds. The molecule has 4 rings (SSSR count). The van der Waals surface area contributed by atoms with Crippen LogP contribution in [0.1, 0.15) is 29.2 Å². The van der Waals surface area contributed by atoms with Crippen molar-refractivity contribution in [3.05, 3.63) is 130 Å². The summed E-state index contributed by atoms with van der Waals surface area (Å²) in [5, 5.41) is 2.88. The lowest BCUT2D eigenvalue weighted by atomic mass is 10.0. The number of nitrogens with zero attached hydrogens (tertiary/aromatic N) is 2. The summed E-state index contributed by atoms with van der Waals surface area (Å²) in [4.78, 5) is 29.6. The Kier molecular flexibility index (Phi) is 10.8. The number of carbonyl (C=O) groups excluding carboxylic acids is 2. The Balaban J connectivity index is 1.82. The minimum absolute atomic E-state index is 0.0757. The van der Waals surface area contributed by atoms with Crippen LogP contribution in [0.4, 0.5) is 5.69 Å². The molecule has 4 aromatic rings. The molecule has 0 heterocycles. The lowest BCUT2D eigenvalue weighted by Crippen LogP contribution is -2.53. The number of amides is 2. The summed E-state index contributed by atoms with van der Waals surface area (Å²) < 4.78 is 30.2. The molecule has 1 atom stereocenters. The van der Waals surface area contributed by atoms with Gasteiger partial charge < -0.3 is 10.2 Å². The first-order chi connectivity index (χ1) is 20.6. The largest absolute Gasteiger partial charge is 0.355 e. The van der Waals surface area contributed by atoms with Crippen LogP contribution in [0, 0.1) is 13.8 Å². The molecule has 0 unspecified atom stereocenters. The van der Waals surface area contributed by atoms with Gasteiger partial charge in [-0.1, -0.05) is 88.7 Å². The number of halogens is 1. The van der Waals surface area contributed by atoms with Gasteiger partial charge in [0.15, 0.2) is 0 Å². The highest BCUT2D eigenvalue weighted by Gasteiger charge is 2.35. The smallest absolute Gasteiger partial charge is 0.264 e. The molecule has 0 radical (unpaired) electrons. The Labute approximate surface area is 262 Å². The zero-order valence-electron chi connectivity index (χ0n) is 24.5. The summed E-state index contributed by atoms with van der Waals surface area (Å²) in [6.45, 7) is 5.54. The summed E-state index contributed by atoms with van der Waals surface area (Å²) in [5.41, 5.74) is 3.66. The van der Waals surface area contributed by atoms with Crippen molar-refractivity contribution in [2.75, 3.05) is 17.4 Å². The Morgan fingerprint density at radius 2 is 1.49 bits per heavy atom. The SMILES string of the molecule is CCNC(=O)[C@@H](Cc1ccccc1)N(Cc1cccc(Br)c1)C(=O)CN(c1cc(C)ccc1C)S(=O)(=O)c1ccccc1. The van der Waals surface area contributed by atoms with Crippen LogP contribution in [-0.2, 0) is 32.6 Å². The highest BCUT2D eigenvalue weighted by atomic mass is 79.9. The molecule has 1 N–H and O–H groups in total. The number of carbonyl (C=O) groups is 2. The quantitative estimate of drug-likeness (QED) is 0.201. The molecule has 0 aliphatic heterocycles. The van der Waals surface area contributed by atoms with Gasteiger partial charge in [-0.2, -0.15) is 0 Å².